The van der Waals surface area contributed by atoms with E-state index in [2.05, 4.69) is 18.7 Å². The number of fused-ring (bicyclic) bond motifs is 1. The van der Waals surface area contributed by atoms with E-state index in [0.717, 1.165) is 24.1 Å². The minimum atomic E-state index is -0.587. The predicted molar refractivity (Wildman–Crippen MR) is 94.3 cm³/mol. The van der Waals surface area contributed by atoms with E-state index in [1.165, 1.54) is 0 Å². The minimum Gasteiger partial charge on any atom is -0.390 e. The lowest BCUT2D eigenvalue weighted by Gasteiger charge is -2.36. The second kappa shape index (κ2) is 7.09. The van der Waals surface area contributed by atoms with Crippen molar-refractivity contribution in [2.24, 2.45) is 0 Å². The molecular formula is C18H27N3O3. The van der Waals surface area contributed by atoms with E-state index in [9.17, 15) is 9.90 Å². The van der Waals surface area contributed by atoms with Gasteiger partial charge in [0, 0.05) is 26.2 Å². The number of hydrogen-bond acceptors (Lipinski definition) is 4. The van der Waals surface area contributed by atoms with Gasteiger partial charge in [-0.2, -0.15) is 0 Å². The number of rotatable bonds is 5. The molecule has 1 fully saturated rings. The first-order valence-electron chi connectivity index (χ1n) is 8.73. The molecular weight excluding hydrogens is 306 g/mol. The summed E-state index contributed by atoms with van der Waals surface area (Å²) in [5.74, 6) is 0. The molecule has 1 saturated heterocycles. The van der Waals surface area contributed by atoms with Crippen molar-refractivity contribution in [1.29, 1.82) is 0 Å². The van der Waals surface area contributed by atoms with E-state index < -0.39 is 6.10 Å². The lowest BCUT2D eigenvalue weighted by Crippen LogP contribution is -2.48. The van der Waals surface area contributed by atoms with E-state index in [4.69, 9.17) is 4.74 Å². The summed E-state index contributed by atoms with van der Waals surface area (Å²) < 4.78 is 9.17. The highest BCUT2D eigenvalue weighted by atomic mass is 16.5. The van der Waals surface area contributed by atoms with Gasteiger partial charge >= 0.3 is 5.69 Å². The first kappa shape index (κ1) is 17.2. The zero-order chi connectivity index (χ0) is 17.3. The number of ether oxygens (including phenoxy) is 1. The third kappa shape index (κ3) is 3.41. The van der Waals surface area contributed by atoms with Gasteiger partial charge in [0.05, 0.1) is 35.9 Å². The van der Waals surface area contributed by atoms with Crippen LogP contribution in [0.2, 0.25) is 0 Å². The molecule has 2 heterocycles. The van der Waals surface area contributed by atoms with E-state index >= 15 is 0 Å². The average Bonchev–Trinajstić information content (AvgIpc) is 2.78. The van der Waals surface area contributed by atoms with Crippen molar-refractivity contribution in [1.82, 2.24) is 14.0 Å². The average molecular weight is 333 g/mol. The molecule has 1 aromatic heterocycles. The summed E-state index contributed by atoms with van der Waals surface area (Å²) in [6.45, 7) is 9.18. The quantitative estimate of drug-likeness (QED) is 0.896. The zero-order valence-corrected chi connectivity index (χ0v) is 14.7. The SMILES string of the molecule is CCn1c(=O)n(C[C@H](O)CN2C[C@H](C)O[C@@H](C)C2)c2ccccc21. The molecule has 0 aliphatic carbocycles. The Hall–Kier alpha value is -1.63. The topological polar surface area (TPSA) is 59.6 Å². The van der Waals surface area contributed by atoms with Crippen molar-refractivity contribution in [2.75, 3.05) is 19.6 Å². The van der Waals surface area contributed by atoms with Crippen molar-refractivity contribution >= 4 is 11.0 Å². The third-order valence-corrected chi connectivity index (χ3v) is 4.60. The van der Waals surface area contributed by atoms with Crippen molar-refractivity contribution < 1.29 is 9.84 Å². The second-order valence-electron chi connectivity index (χ2n) is 6.76. The Labute approximate surface area is 142 Å². The summed E-state index contributed by atoms with van der Waals surface area (Å²) in [7, 11) is 0. The maximum absolute atomic E-state index is 12.6. The van der Waals surface area contributed by atoms with Gasteiger partial charge < -0.3 is 9.84 Å². The van der Waals surface area contributed by atoms with Gasteiger partial charge in [0.2, 0.25) is 0 Å². The van der Waals surface area contributed by atoms with Crippen LogP contribution in [0.1, 0.15) is 20.8 Å². The Kier molecular flexibility index (Phi) is 5.08. The van der Waals surface area contributed by atoms with E-state index in [1.807, 2.05) is 31.2 Å². The number of morpholine rings is 1. The standard InChI is InChI=1S/C18H27N3O3/c1-4-20-16-7-5-6-8-17(16)21(18(20)23)12-15(22)11-19-9-13(2)24-14(3)10-19/h5-8,13-15,22H,4,9-12H2,1-3H3/t13-,14-,15+/m0/s1. The van der Waals surface area contributed by atoms with Gasteiger partial charge in [0.25, 0.3) is 0 Å². The molecule has 1 aromatic carbocycles. The molecule has 24 heavy (non-hydrogen) atoms. The maximum Gasteiger partial charge on any atom is 0.329 e. The van der Waals surface area contributed by atoms with Crippen LogP contribution in [0.4, 0.5) is 0 Å². The summed E-state index contributed by atoms with van der Waals surface area (Å²) >= 11 is 0. The van der Waals surface area contributed by atoms with Crippen LogP contribution in [-0.2, 0) is 17.8 Å². The number of hydrogen-bond donors (Lipinski definition) is 1. The van der Waals surface area contributed by atoms with Gasteiger partial charge in [-0.25, -0.2) is 4.79 Å². The van der Waals surface area contributed by atoms with E-state index in [1.54, 1.807) is 9.13 Å². The van der Waals surface area contributed by atoms with Crippen molar-refractivity contribution in [3.8, 4) is 0 Å². The Morgan fingerprint density at radius 1 is 1.12 bits per heavy atom. The number of aryl methyl sites for hydroxylation is 1. The van der Waals surface area contributed by atoms with Crippen molar-refractivity contribution in [3.05, 3.63) is 34.7 Å². The molecule has 6 nitrogen and oxygen atoms in total. The van der Waals surface area contributed by atoms with Crippen LogP contribution in [0.3, 0.4) is 0 Å². The number of aliphatic hydroxyl groups excluding tert-OH is 1. The van der Waals surface area contributed by atoms with Crippen LogP contribution in [-0.4, -0.2) is 57.1 Å². The van der Waals surface area contributed by atoms with Gasteiger partial charge in [-0.15, -0.1) is 0 Å². The molecule has 2 aromatic rings. The Morgan fingerprint density at radius 2 is 1.71 bits per heavy atom. The molecule has 0 bridgehead atoms. The molecule has 1 N–H and O–H groups in total. The predicted octanol–water partition coefficient (Wildman–Crippen LogP) is 1.29. The molecule has 3 atom stereocenters. The smallest absolute Gasteiger partial charge is 0.329 e. The molecule has 6 heteroatoms. The number of aromatic nitrogens is 2. The van der Waals surface area contributed by atoms with Crippen LogP contribution in [0.25, 0.3) is 11.0 Å². The van der Waals surface area contributed by atoms with Crippen LogP contribution in [0, 0.1) is 0 Å². The molecule has 0 spiro atoms. The summed E-state index contributed by atoms with van der Waals surface area (Å²) in [5, 5.41) is 10.5. The highest BCUT2D eigenvalue weighted by molar-refractivity contribution is 5.75. The lowest BCUT2D eigenvalue weighted by molar-refractivity contribution is -0.0772. The molecule has 1 aliphatic heterocycles. The fraction of sp³-hybridized carbons (Fsp3) is 0.611. The monoisotopic (exact) mass is 333 g/mol. The normalized spacial score (nSPS) is 23.7. The second-order valence-corrected chi connectivity index (χ2v) is 6.76. The van der Waals surface area contributed by atoms with Gasteiger partial charge in [-0.3, -0.25) is 14.0 Å². The molecule has 1 aliphatic rings. The summed E-state index contributed by atoms with van der Waals surface area (Å²) in [6, 6.07) is 7.75. The molecule has 0 radical (unpaired) electrons. The number of benzene rings is 1. The fourth-order valence-corrected chi connectivity index (χ4v) is 3.75. The number of β-amino-alcohol motifs (C(OH)–C–C–N with tert-alkyl or cyclic N) is 1. The van der Waals surface area contributed by atoms with E-state index in [-0.39, 0.29) is 17.9 Å². The number of aliphatic hydroxyl groups is 1. The number of imidazole rings is 1. The first-order chi connectivity index (χ1) is 11.5. The molecule has 0 unspecified atom stereocenters. The maximum atomic E-state index is 12.6. The van der Waals surface area contributed by atoms with Gasteiger partial charge in [-0.1, -0.05) is 12.1 Å². The largest absolute Gasteiger partial charge is 0.390 e. The van der Waals surface area contributed by atoms with Gasteiger partial charge in [0.1, 0.15) is 0 Å². The lowest BCUT2D eigenvalue weighted by atomic mass is 10.2. The fourth-order valence-electron chi connectivity index (χ4n) is 3.75. The zero-order valence-electron chi connectivity index (χ0n) is 14.7. The molecule has 3 rings (SSSR count). The minimum absolute atomic E-state index is 0.0542. The van der Waals surface area contributed by atoms with Crippen molar-refractivity contribution in [2.45, 2.75) is 52.2 Å². The molecule has 0 amide bonds. The first-order valence-corrected chi connectivity index (χ1v) is 8.73. The summed E-state index contributed by atoms with van der Waals surface area (Å²) in [4.78, 5) is 14.8. The van der Waals surface area contributed by atoms with Gasteiger partial charge in [0.15, 0.2) is 0 Å². The van der Waals surface area contributed by atoms with Gasteiger partial charge in [-0.05, 0) is 32.9 Å². The third-order valence-electron chi connectivity index (χ3n) is 4.60. The summed E-state index contributed by atoms with van der Waals surface area (Å²) in [6.07, 6.45) is -0.243. The number of para-hydroxylation sites is 2. The number of nitrogens with zero attached hydrogens (tertiary/aromatic N) is 3. The molecule has 0 saturated carbocycles. The van der Waals surface area contributed by atoms with E-state index in [0.29, 0.717) is 19.6 Å². The van der Waals surface area contributed by atoms with Crippen LogP contribution in [0.15, 0.2) is 29.1 Å². The molecule has 132 valence electrons. The highest BCUT2D eigenvalue weighted by Crippen LogP contribution is 2.15. The highest BCUT2D eigenvalue weighted by Gasteiger charge is 2.24. The summed E-state index contributed by atoms with van der Waals surface area (Å²) in [5.41, 5.74) is 1.75. The van der Waals surface area contributed by atoms with Crippen LogP contribution in [0.5, 0.6) is 0 Å². The van der Waals surface area contributed by atoms with Crippen molar-refractivity contribution in [3.63, 3.8) is 0 Å². The Morgan fingerprint density at radius 3 is 2.29 bits per heavy atom. The van der Waals surface area contributed by atoms with Crippen LogP contribution >= 0.6 is 0 Å². The Balaban J connectivity index is 1.77. The Bertz CT molecular complexity index is 742. The van der Waals surface area contributed by atoms with Crippen LogP contribution < -0.4 is 5.69 Å².